The van der Waals surface area contributed by atoms with E-state index in [0.29, 0.717) is 25.8 Å². The van der Waals surface area contributed by atoms with Crippen LogP contribution in [0.25, 0.3) is 0 Å². The van der Waals surface area contributed by atoms with E-state index in [9.17, 15) is 23.1 Å². The molecule has 0 aliphatic heterocycles. The van der Waals surface area contributed by atoms with Crippen molar-refractivity contribution in [3.8, 4) is 5.75 Å². The van der Waals surface area contributed by atoms with Gasteiger partial charge in [0.1, 0.15) is 18.6 Å². The van der Waals surface area contributed by atoms with Crippen LogP contribution < -0.4 is 16.4 Å². The lowest BCUT2D eigenvalue weighted by Crippen LogP contribution is -2.14. The number of amides is 1. The highest BCUT2D eigenvalue weighted by Crippen LogP contribution is 2.28. The van der Waals surface area contributed by atoms with Gasteiger partial charge in [0.2, 0.25) is 5.91 Å². The van der Waals surface area contributed by atoms with Gasteiger partial charge in [-0.05, 0) is 42.7 Å². The molecule has 1 amide bonds. The second kappa shape index (κ2) is 11.2. The van der Waals surface area contributed by atoms with Crippen molar-refractivity contribution in [2.24, 2.45) is 0 Å². The summed E-state index contributed by atoms with van der Waals surface area (Å²) in [6, 6.07) is 9.51. The van der Waals surface area contributed by atoms with E-state index in [2.05, 4.69) is 10.6 Å². The molecule has 2 rings (SSSR count). The number of phenolic OH excluding ortho intramolecular Hbond substituents is 1. The summed E-state index contributed by atoms with van der Waals surface area (Å²) in [7, 11) is 0. The molecule has 0 spiro atoms. The normalized spacial score (nSPS) is 11.8. The van der Waals surface area contributed by atoms with Crippen molar-refractivity contribution in [3.63, 3.8) is 0 Å². The molecular formula is C21H26F3N3O2. The molecule has 8 heteroatoms. The number of unbranched alkanes of at least 4 members (excludes halogenated alkanes) is 2. The van der Waals surface area contributed by atoms with E-state index in [4.69, 9.17) is 5.73 Å². The van der Waals surface area contributed by atoms with E-state index in [1.165, 1.54) is 24.3 Å². The molecule has 0 radical (unpaired) electrons. The zero-order valence-electron chi connectivity index (χ0n) is 16.1. The molecule has 0 aliphatic rings. The third-order valence-electron chi connectivity index (χ3n) is 4.46. The second-order valence-electron chi connectivity index (χ2n) is 6.81. The Balaban J connectivity index is 1.83. The summed E-state index contributed by atoms with van der Waals surface area (Å²) in [5.41, 5.74) is 6.87. The monoisotopic (exact) mass is 409 g/mol. The molecule has 1 atom stereocenters. The van der Waals surface area contributed by atoms with Crippen molar-refractivity contribution in [1.82, 2.24) is 0 Å². The average Bonchev–Trinajstić information content (AvgIpc) is 2.71. The van der Waals surface area contributed by atoms with E-state index in [-0.39, 0.29) is 41.6 Å². The van der Waals surface area contributed by atoms with Gasteiger partial charge in [0.15, 0.2) is 5.82 Å². The van der Waals surface area contributed by atoms with Crippen LogP contribution in [0.15, 0.2) is 36.4 Å². The largest absolute Gasteiger partial charge is 0.508 e. The molecule has 5 N–H and O–H groups in total. The zero-order valence-corrected chi connectivity index (χ0v) is 16.1. The van der Waals surface area contributed by atoms with Crippen LogP contribution in [0.2, 0.25) is 0 Å². The molecule has 2 aromatic rings. The van der Waals surface area contributed by atoms with Gasteiger partial charge in [-0.2, -0.15) is 0 Å². The molecule has 0 unspecified atom stereocenters. The van der Waals surface area contributed by atoms with Gasteiger partial charge in [0.05, 0.1) is 17.1 Å². The molecular weight excluding hydrogens is 383 g/mol. The van der Waals surface area contributed by atoms with Gasteiger partial charge in [0.25, 0.3) is 0 Å². The highest BCUT2D eigenvalue weighted by molar-refractivity contribution is 5.94. The van der Waals surface area contributed by atoms with Gasteiger partial charge in [-0.25, -0.2) is 13.2 Å². The second-order valence-corrected chi connectivity index (χ2v) is 6.81. The summed E-state index contributed by atoms with van der Waals surface area (Å²) >= 11 is 0. The SMILES string of the molecule is Nc1c(NC(=O)CCCCC[C@@H](F)CF)ccc(NCc2ccc(O)cc2)c1F. The fraction of sp³-hybridized carbons (Fsp3) is 0.381. The summed E-state index contributed by atoms with van der Waals surface area (Å²) < 4.78 is 39.3. The maximum Gasteiger partial charge on any atom is 0.224 e. The van der Waals surface area contributed by atoms with Crippen molar-refractivity contribution in [2.45, 2.75) is 44.8 Å². The summed E-state index contributed by atoms with van der Waals surface area (Å²) in [6.45, 7) is -0.643. The number of phenols is 1. The number of aromatic hydroxyl groups is 1. The Labute approximate surface area is 168 Å². The van der Waals surface area contributed by atoms with Crippen LogP contribution in [0.4, 0.5) is 30.2 Å². The Bertz CT molecular complexity index is 801. The van der Waals surface area contributed by atoms with Gasteiger partial charge in [-0.3, -0.25) is 4.79 Å². The number of carbonyl (C=O) groups excluding carboxylic acids is 1. The first kappa shape index (κ1) is 22.4. The number of nitrogens with two attached hydrogens (primary N) is 1. The zero-order chi connectivity index (χ0) is 21.2. The number of hydrogen-bond donors (Lipinski definition) is 4. The Hall–Kier alpha value is -2.90. The van der Waals surface area contributed by atoms with Gasteiger partial charge in [0, 0.05) is 13.0 Å². The van der Waals surface area contributed by atoms with Gasteiger partial charge in [-0.15, -0.1) is 0 Å². The van der Waals surface area contributed by atoms with Crippen molar-refractivity contribution >= 4 is 23.0 Å². The van der Waals surface area contributed by atoms with Gasteiger partial charge in [-0.1, -0.05) is 25.0 Å². The van der Waals surface area contributed by atoms with Crippen molar-refractivity contribution in [3.05, 3.63) is 47.8 Å². The predicted molar refractivity (Wildman–Crippen MR) is 109 cm³/mol. The Morgan fingerprint density at radius 3 is 2.45 bits per heavy atom. The lowest BCUT2D eigenvalue weighted by Gasteiger charge is -2.13. The molecule has 5 nitrogen and oxygen atoms in total. The van der Waals surface area contributed by atoms with E-state index in [1.807, 2.05) is 0 Å². The minimum Gasteiger partial charge on any atom is -0.508 e. The first-order chi connectivity index (χ1) is 13.9. The summed E-state index contributed by atoms with van der Waals surface area (Å²) in [5.74, 6) is -0.833. The molecule has 158 valence electrons. The van der Waals surface area contributed by atoms with E-state index >= 15 is 0 Å². The highest BCUT2D eigenvalue weighted by Gasteiger charge is 2.13. The molecule has 0 saturated carbocycles. The predicted octanol–water partition coefficient (Wildman–Crippen LogP) is 4.92. The van der Waals surface area contributed by atoms with Crippen LogP contribution in [0, 0.1) is 5.82 Å². The molecule has 0 heterocycles. The fourth-order valence-electron chi connectivity index (χ4n) is 2.77. The maximum absolute atomic E-state index is 14.5. The van der Waals surface area contributed by atoms with Crippen LogP contribution in [0.3, 0.4) is 0 Å². The number of nitrogens with one attached hydrogen (secondary N) is 2. The molecule has 0 aromatic heterocycles. The number of hydrogen-bond acceptors (Lipinski definition) is 4. The molecule has 0 aliphatic carbocycles. The van der Waals surface area contributed by atoms with Gasteiger partial charge < -0.3 is 21.5 Å². The molecule has 2 aromatic carbocycles. The molecule has 0 bridgehead atoms. The maximum atomic E-state index is 14.5. The van der Waals surface area contributed by atoms with Crippen molar-refractivity contribution in [1.29, 1.82) is 0 Å². The number of halogens is 3. The van der Waals surface area contributed by atoms with Crippen LogP contribution in [-0.2, 0) is 11.3 Å². The number of rotatable bonds is 11. The Morgan fingerprint density at radius 1 is 1.07 bits per heavy atom. The van der Waals surface area contributed by atoms with E-state index in [0.717, 1.165) is 5.56 Å². The number of nitrogen functional groups attached to an aromatic ring is 1. The lowest BCUT2D eigenvalue weighted by atomic mass is 10.1. The third kappa shape index (κ3) is 7.21. The average molecular weight is 409 g/mol. The summed E-state index contributed by atoms with van der Waals surface area (Å²) in [6.07, 6.45) is 0.546. The van der Waals surface area contributed by atoms with Crippen LogP contribution in [0.1, 0.15) is 37.7 Å². The highest BCUT2D eigenvalue weighted by atomic mass is 19.2. The van der Waals surface area contributed by atoms with Gasteiger partial charge >= 0.3 is 0 Å². The lowest BCUT2D eigenvalue weighted by molar-refractivity contribution is -0.116. The van der Waals surface area contributed by atoms with E-state index < -0.39 is 18.7 Å². The molecule has 0 fully saturated rings. The Kier molecular flexibility index (Phi) is 8.64. The molecule has 0 saturated heterocycles. The number of carbonyl (C=O) groups is 1. The first-order valence-corrected chi connectivity index (χ1v) is 9.50. The third-order valence-corrected chi connectivity index (χ3v) is 4.46. The first-order valence-electron chi connectivity index (χ1n) is 9.50. The number of benzene rings is 2. The van der Waals surface area contributed by atoms with E-state index in [1.54, 1.807) is 12.1 Å². The standard InChI is InChI=1S/C21H26F3N3O2/c22-12-15(23)4-2-1-3-5-19(29)27-18-11-10-17(20(24)21(18)25)26-13-14-6-8-16(28)9-7-14/h6-11,15,26,28H,1-5,12-13,25H2,(H,27,29)/t15-/m1/s1. The van der Waals surface area contributed by atoms with Crippen LogP contribution in [0.5, 0.6) is 5.75 Å². The summed E-state index contributed by atoms with van der Waals surface area (Å²) in [5, 5.41) is 14.8. The summed E-state index contributed by atoms with van der Waals surface area (Å²) in [4.78, 5) is 12.0. The van der Waals surface area contributed by atoms with Crippen molar-refractivity contribution < 1.29 is 23.1 Å². The van der Waals surface area contributed by atoms with Crippen molar-refractivity contribution in [2.75, 3.05) is 23.0 Å². The minimum atomic E-state index is -1.44. The number of anilines is 3. The smallest absolute Gasteiger partial charge is 0.224 e. The molecule has 29 heavy (non-hydrogen) atoms. The Morgan fingerprint density at radius 2 is 1.76 bits per heavy atom. The van der Waals surface area contributed by atoms with Crippen LogP contribution >= 0.6 is 0 Å². The quantitative estimate of drug-likeness (QED) is 0.313. The topological polar surface area (TPSA) is 87.4 Å². The van der Waals surface area contributed by atoms with Crippen LogP contribution in [-0.4, -0.2) is 23.9 Å². The number of alkyl halides is 2. The minimum absolute atomic E-state index is 0.148. The fourth-order valence-corrected chi connectivity index (χ4v) is 2.77.